The molecule has 3 heterocycles. The largest absolute Gasteiger partial charge is 0.373 e. The molecule has 0 aliphatic carbocycles. The minimum atomic E-state index is -0.0504. The zero-order valence-electron chi connectivity index (χ0n) is 16.9. The summed E-state index contributed by atoms with van der Waals surface area (Å²) in [5.41, 5.74) is 2.29. The summed E-state index contributed by atoms with van der Waals surface area (Å²) in [6.07, 6.45) is 5.13. The Bertz CT molecular complexity index is 1010. The highest BCUT2D eigenvalue weighted by atomic mass is 16.2. The number of fused-ring (bicyclic) bond motifs is 1. The third-order valence-corrected chi connectivity index (χ3v) is 5.30. The van der Waals surface area contributed by atoms with Crippen LogP contribution >= 0.6 is 0 Å². The van der Waals surface area contributed by atoms with Crippen LogP contribution in [-0.4, -0.2) is 46.4 Å². The maximum Gasteiger partial charge on any atom is 0.254 e. The summed E-state index contributed by atoms with van der Waals surface area (Å²) in [6, 6.07) is 11.5. The fourth-order valence-corrected chi connectivity index (χ4v) is 3.77. The van der Waals surface area contributed by atoms with Gasteiger partial charge in [0.2, 0.25) is 0 Å². The predicted molar refractivity (Wildman–Crippen MR) is 114 cm³/mol. The van der Waals surface area contributed by atoms with Crippen LogP contribution in [0.15, 0.2) is 42.6 Å². The highest BCUT2D eigenvalue weighted by Crippen LogP contribution is 2.23. The van der Waals surface area contributed by atoms with E-state index in [0.717, 1.165) is 41.2 Å². The Kier molecular flexibility index (Phi) is 5.67. The lowest BCUT2D eigenvalue weighted by Crippen LogP contribution is -2.30. The van der Waals surface area contributed by atoms with Crippen LogP contribution in [0.4, 0.5) is 5.82 Å². The van der Waals surface area contributed by atoms with Gasteiger partial charge in [-0.25, -0.2) is 9.97 Å². The molecule has 3 aromatic rings. The van der Waals surface area contributed by atoms with Gasteiger partial charge in [0.25, 0.3) is 5.91 Å². The first kappa shape index (κ1) is 19.3. The number of pyridine rings is 1. The number of amides is 1. The first-order chi connectivity index (χ1) is 14.2. The molecular weight excluding hydrogens is 364 g/mol. The molecule has 1 fully saturated rings. The predicted octanol–water partition coefficient (Wildman–Crippen LogP) is 3.15. The van der Waals surface area contributed by atoms with Crippen molar-refractivity contribution in [2.45, 2.75) is 31.8 Å². The number of piperidine rings is 1. The van der Waals surface area contributed by atoms with Crippen molar-refractivity contribution < 1.29 is 4.79 Å². The molecule has 1 amide bonds. The normalized spacial score (nSPS) is 16.6. The summed E-state index contributed by atoms with van der Waals surface area (Å²) in [5.74, 6) is 1.51. The van der Waals surface area contributed by atoms with E-state index in [1.165, 1.54) is 12.8 Å². The Labute approximate surface area is 170 Å². The maximum absolute atomic E-state index is 13.1. The van der Waals surface area contributed by atoms with E-state index >= 15 is 0 Å². The Morgan fingerprint density at radius 1 is 1.24 bits per heavy atom. The van der Waals surface area contributed by atoms with E-state index in [9.17, 15) is 4.79 Å². The van der Waals surface area contributed by atoms with Crippen molar-refractivity contribution in [2.75, 3.05) is 26.0 Å². The van der Waals surface area contributed by atoms with E-state index in [0.29, 0.717) is 12.1 Å². The molecule has 0 spiro atoms. The third-order valence-electron chi connectivity index (χ3n) is 5.30. The van der Waals surface area contributed by atoms with Crippen molar-refractivity contribution in [3.8, 4) is 0 Å². The van der Waals surface area contributed by atoms with Crippen molar-refractivity contribution in [1.29, 1.82) is 0 Å². The Morgan fingerprint density at radius 3 is 2.93 bits per heavy atom. The van der Waals surface area contributed by atoms with Crippen molar-refractivity contribution >= 4 is 22.6 Å². The molecule has 1 aliphatic rings. The van der Waals surface area contributed by atoms with Crippen molar-refractivity contribution in [1.82, 2.24) is 25.2 Å². The standard InChI is InChI=1S/C22H26N6O/c1-23-20-13-15(26-21(27-20)19-9-3-4-11-25-19)14-28(2)22(29)17-7-5-10-18-16(17)8-6-12-24-18/h5-8,10,12-13,19,25H,3-4,9,11,14H2,1-2H3,(H,23,26,27)/t19-/m0/s1. The third kappa shape index (κ3) is 4.19. The number of hydrogen-bond acceptors (Lipinski definition) is 6. The van der Waals surface area contributed by atoms with Gasteiger partial charge in [0.1, 0.15) is 11.6 Å². The summed E-state index contributed by atoms with van der Waals surface area (Å²) >= 11 is 0. The number of carbonyl (C=O) groups is 1. The second kappa shape index (κ2) is 8.53. The van der Waals surface area contributed by atoms with Crippen LogP contribution < -0.4 is 10.6 Å². The Morgan fingerprint density at radius 2 is 2.14 bits per heavy atom. The van der Waals surface area contributed by atoms with Gasteiger partial charge in [-0.3, -0.25) is 9.78 Å². The number of anilines is 1. The van der Waals surface area contributed by atoms with Crippen LogP contribution in [0.25, 0.3) is 10.9 Å². The summed E-state index contributed by atoms with van der Waals surface area (Å²) in [4.78, 5) is 28.6. The minimum Gasteiger partial charge on any atom is -0.373 e. The first-order valence-corrected chi connectivity index (χ1v) is 10.0. The quantitative estimate of drug-likeness (QED) is 0.696. The second-order valence-corrected chi connectivity index (χ2v) is 7.39. The van der Waals surface area contributed by atoms with Crippen molar-refractivity contribution in [3.05, 3.63) is 59.7 Å². The van der Waals surface area contributed by atoms with Crippen LogP contribution in [-0.2, 0) is 6.54 Å². The van der Waals surface area contributed by atoms with Crippen LogP contribution in [0.3, 0.4) is 0 Å². The van der Waals surface area contributed by atoms with Gasteiger partial charge in [-0.1, -0.05) is 18.6 Å². The lowest BCUT2D eigenvalue weighted by atomic mass is 10.0. The monoisotopic (exact) mass is 390 g/mol. The lowest BCUT2D eigenvalue weighted by molar-refractivity contribution is 0.0785. The zero-order chi connectivity index (χ0) is 20.2. The van der Waals surface area contributed by atoms with E-state index in [-0.39, 0.29) is 11.9 Å². The van der Waals surface area contributed by atoms with Crippen LogP contribution in [0.5, 0.6) is 0 Å². The molecule has 0 unspecified atom stereocenters. The number of nitrogens with one attached hydrogen (secondary N) is 2. The molecule has 29 heavy (non-hydrogen) atoms. The number of benzene rings is 1. The summed E-state index contributed by atoms with van der Waals surface area (Å²) in [7, 11) is 3.65. The molecule has 1 atom stereocenters. The SMILES string of the molecule is CNc1cc(CN(C)C(=O)c2cccc3ncccc23)nc([C@@H]2CCCCN2)n1. The van der Waals surface area contributed by atoms with Gasteiger partial charge >= 0.3 is 0 Å². The van der Waals surface area contributed by atoms with E-state index < -0.39 is 0 Å². The first-order valence-electron chi connectivity index (χ1n) is 10.0. The molecule has 1 saturated heterocycles. The van der Waals surface area contributed by atoms with Crippen molar-refractivity contribution in [2.24, 2.45) is 0 Å². The van der Waals surface area contributed by atoms with Crippen LogP contribution in [0.2, 0.25) is 0 Å². The number of carbonyl (C=O) groups excluding carboxylic acids is 1. The molecule has 7 heteroatoms. The van der Waals surface area contributed by atoms with E-state index in [4.69, 9.17) is 4.98 Å². The average molecular weight is 390 g/mol. The number of aromatic nitrogens is 3. The molecule has 1 aliphatic heterocycles. The Hall–Kier alpha value is -3.06. The minimum absolute atomic E-state index is 0.0504. The lowest BCUT2D eigenvalue weighted by Gasteiger charge is -2.24. The topological polar surface area (TPSA) is 83.0 Å². The van der Waals surface area contributed by atoms with E-state index in [1.807, 2.05) is 43.4 Å². The van der Waals surface area contributed by atoms with Crippen molar-refractivity contribution in [3.63, 3.8) is 0 Å². The zero-order valence-corrected chi connectivity index (χ0v) is 16.9. The second-order valence-electron chi connectivity index (χ2n) is 7.39. The fourth-order valence-electron chi connectivity index (χ4n) is 3.77. The van der Waals surface area contributed by atoms with E-state index in [1.54, 1.807) is 18.1 Å². The molecule has 7 nitrogen and oxygen atoms in total. The van der Waals surface area contributed by atoms with Crippen LogP contribution in [0.1, 0.15) is 47.2 Å². The molecule has 150 valence electrons. The molecule has 2 N–H and O–H groups in total. The average Bonchev–Trinajstić information content (AvgIpc) is 2.78. The maximum atomic E-state index is 13.1. The van der Waals surface area contributed by atoms with Gasteiger partial charge < -0.3 is 15.5 Å². The molecule has 2 aromatic heterocycles. The summed E-state index contributed by atoms with van der Waals surface area (Å²) < 4.78 is 0. The highest BCUT2D eigenvalue weighted by molar-refractivity contribution is 6.05. The van der Waals surface area contributed by atoms with Gasteiger partial charge in [-0.2, -0.15) is 0 Å². The van der Waals surface area contributed by atoms with E-state index in [2.05, 4.69) is 20.6 Å². The number of hydrogen-bond donors (Lipinski definition) is 2. The summed E-state index contributed by atoms with van der Waals surface area (Å²) in [5, 5.41) is 7.47. The van der Waals surface area contributed by atoms with Gasteiger partial charge in [0.15, 0.2) is 0 Å². The number of nitrogens with zero attached hydrogens (tertiary/aromatic N) is 4. The molecule has 0 bridgehead atoms. The molecule has 1 aromatic carbocycles. The summed E-state index contributed by atoms with van der Waals surface area (Å²) in [6.45, 7) is 1.40. The van der Waals surface area contributed by atoms with Gasteiger partial charge in [0, 0.05) is 37.3 Å². The fraction of sp³-hybridized carbons (Fsp3) is 0.364. The molecule has 4 rings (SSSR count). The van der Waals surface area contributed by atoms with Gasteiger partial charge in [-0.05, 0) is 37.6 Å². The Balaban J connectivity index is 1.58. The van der Waals surface area contributed by atoms with Crippen LogP contribution in [0, 0.1) is 0 Å². The molecule has 0 radical (unpaired) electrons. The molecule has 0 saturated carbocycles. The highest BCUT2D eigenvalue weighted by Gasteiger charge is 2.20. The smallest absolute Gasteiger partial charge is 0.254 e. The van der Waals surface area contributed by atoms with Gasteiger partial charge in [-0.15, -0.1) is 0 Å². The molecular formula is C22H26N6O. The van der Waals surface area contributed by atoms with Gasteiger partial charge in [0.05, 0.1) is 23.8 Å². The number of rotatable bonds is 5.